The molecule has 0 aliphatic carbocycles. The van der Waals surface area contributed by atoms with E-state index < -0.39 is 0 Å². The molecule has 90 valence electrons. The van der Waals surface area contributed by atoms with Crippen molar-refractivity contribution in [2.75, 3.05) is 25.2 Å². The number of fused-ring (bicyclic) bond motifs is 6. The molecule has 0 saturated carbocycles. The molecule has 2 aromatic carbocycles. The van der Waals surface area contributed by atoms with Gasteiger partial charge in [-0.05, 0) is 24.2 Å². The molecule has 0 amide bonds. The summed E-state index contributed by atoms with van der Waals surface area (Å²) >= 11 is 0. The van der Waals surface area contributed by atoms with Gasteiger partial charge in [-0.2, -0.15) is 0 Å². The molecule has 0 radical (unpaired) electrons. The standard InChI is InChI=1S/C16H16N2/c1-17-10-16-14-8-3-2-6-12(14)13-7-4-5-9-15(13)18(16)11-17/h2-9,16H,10-11H2,1H3. The van der Waals surface area contributed by atoms with E-state index in [4.69, 9.17) is 0 Å². The molecule has 1 saturated heterocycles. The molecule has 2 nitrogen and oxygen atoms in total. The first-order valence-electron chi connectivity index (χ1n) is 6.48. The summed E-state index contributed by atoms with van der Waals surface area (Å²) in [7, 11) is 2.20. The van der Waals surface area contributed by atoms with Crippen LogP contribution in [-0.4, -0.2) is 25.2 Å². The van der Waals surface area contributed by atoms with Gasteiger partial charge < -0.3 is 4.90 Å². The zero-order valence-corrected chi connectivity index (χ0v) is 10.5. The molecule has 0 bridgehead atoms. The lowest BCUT2D eigenvalue weighted by Crippen LogP contribution is -2.28. The number of nitrogens with zero attached hydrogens (tertiary/aromatic N) is 2. The Labute approximate surface area is 107 Å². The zero-order chi connectivity index (χ0) is 12.1. The van der Waals surface area contributed by atoms with Crippen LogP contribution >= 0.6 is 0 Å². The molecule has 1 unspecified atom stereocenters. The number of benzene rings is 2. The fourth-order valence-corrected chi connectivity index (χ4v) is 3.31. The lowest BCUT2D eigenvalue weighted by atomic mass is 9.89. The average Bonchev–Trinajstić information content (AvgIpc) is 2.81. The van der Waals surface area contributed by atoms with E-state index in [0.717, 1.165) is 13.2 Å². The predicted molar refractivity (Wildman–Crippen MR) is 74.6 cm³/mol. The Morgan fingerprint density at radius 1 is 0.944 bits per heavy atom. The van der Waals surface area contributed by atoms with Crippen molar-refractivity contribution in [3.8, 4) is 11.1 Å². The number of hydrogen-bond acceptors (Lipinski definition) is 2. The molecule has 2 heterocycles. The van der Waals surface area contributed by atoms with Crippen LogP contribution in [0.2, 0.25) is 0 Å². The van der Waals surface area contributed by atoms with Crippen LogP contribution in [0.1, 0.15) is 11.6 Å². The van der Waals surface area contributed by atoms with Crippen LogP contribution in [0.25, 0.3) is 11.1 Å². The van der Waals surface area contributed by atoms with Crippen LogP contribution in [0.15, 0.2) is 48.5 Å². The Kier molecular flexibility index (Phi) is 2.03. The second kappa shape index (κ2) is 3.59. The summed E-state index contributed by atoms with van der Waals surface area (Å²) in [6.45, 7) is 2.14. The molecule has 0 N–H and O–H groups in total. The van der Waals surface area contributed by atoms with E-state index in [1.807, 2.05) is 0 Å². The number of anilines is 1. The minimum Gasteiger partial charge on any atom is -0.350 e. The van der Waals surface area contributed by atoms with E-state index in [-0.39, 0.29) is 0 Å². The minimum atomic E-state index is 0.515. The second-order valence-electron chi connectivity index (χ2n) is 5.27. The Morgan fingerprint density at radius 3 is 2.56 bits per heavy atom. The van der Waals surface area contributed by atoms with Gasteiger partial charge in [0.05, 0.1) is 12.7 Å². The van der Waals surface area contributed by atoms with Crippen molar-refractivity contribution in [1.82, 2.24) is 4.90 Å². The van der Waals surface area contributed by atoms with Gasteiger partial charge in [0.1, 0.15) is 0 Å². The third-order valence-electron chi connectivity index (χ3n) is 4.08. The fourth-order valence-electron chi connectivity index (χ4n) is 3.31. The van der Waals surface area contributed by atoms with Crippen LogP contribution in [0.3, 0.4) is 0 Å². The van der Waals surface area contributed by atoms with Crippen LogP contribution < -0.4 is 4.90 Å². The number of likely N-dealkylation sites (N-methyl/N-ethyl adjacent to an activating group) is 1. The fraction of sp³-hybridized carbons (Fsp3) is 0.250. The summed E-state index contributed by atoms with van der Waals surface area (Å²) in [4.78, 5) is 4.92. The topological polar surface area (TPSA) is 6.48 Å². The van der Waals surface area contributed by atoms with Crippen molar-refractivity contribution < 1.29 is 0 Å². The third-order valence-corrected chi connectivity index (χ3v) is 4.08. The number of hydrogen-bond donors (Lipinski definition) is 0. The average molecular weight is 236 g/mol. The molecule has 2 aliphatic rings. The highest BCUT2D eigenvalue weighted by Crippen LogP contribution is 2.46. The molecule has 2 aliphatic heterocycles. The minimum absolute atomic E-state index is 0.515. The van der Waals surface area contributed by atoms with Gasteiger partial charge in [0, 0.05) is 17.8 Å². The quantitative estimate of drug-likeness (QED) is 0.693. The van der Waals surface area contributed by atoms with Crippen molar-refractivity contribution in [3.05, 3.63) is 54.1 Å². The van der Waals surface area contributed by atoms with Gasteiger partial charge in [-0.1, -0.05) is 42.5 Å². The smallest absolute Gasteiger partial charge is 0.0712 e. The maximum Gasteiger partial charge on any atom is 0.0712 e. The molecule has 4 rings (SSSR count). The molecular weight excluding hydrogens is 220 g/mol. The van der Waals surface area contributed by atoms with Crippen molar-refractivity contribution in [3.63, 3.8) is 0 Å². The molecular formula is C16H16N2. The van der Waals surface area contributed by atoms with Crippen molar-refractivity contribution in [1.29, 1.82) is 0 Å². The third kappa shape index (κ3) is 1.27. The molecule has 1 fully saturated rings. The monoisotopic (exact) mass is 236 g/mol. The first kappa shape index (κ1) is 10.2. The summed E-state index contributed by atoms with van der Waals surface area (Å²) in [6.07, 6.45) is 0. The Bertz CT molecular complexity index is 552. The van der Waals surface area contributed by atoms with Gasteiger partial charge in [-0.25, -0.2) is 0 Å². The van der Waals surface area contributed by atoms with Crippen LogP contribution in [0.4, 0.5) is 5.69 Å². The largest absolute Gasteiger partial charge is 0.350 e. The highest BCUT2D eigenvalue weighted by atomic mass is 15.4. The number of rotatable bonds is 0. The molecule has 1 atom stereocenters. The van der Waals surface area contributed by atoms with Gasteiger partial charge >= 0.3 is 0 Å². The van der Waals surface area contributed by atoms with Crippen LogP contribution in [0, 0.1) is 0 Å². The Morgan fingerprint density at radius 2 is 1.67 bits per heavy atom. The summed E-state index contributed by atoms with van der Waals surface area (Å²) in [5.74, 6) is 0. The SMILES string of the molecule is CN1CC2c3ccccc3-c3ccccc3N2C1. The number of para-hydroxylation sites is 1. The summed E-state index contributed by atoms with van der Waals surface area (Å²) in [5.41, 5.74) is 5.63. The van der Waals surface area contributed by atoms with E-state index in [2.05, 4.69) is 65.4 Å². The summed E-state index contributed by atoms with van der Waals surface area (Å²) in [6, 6.07) is 18.1. The van der Waals surface area contributed by atoms with Gasteiger partial charge in [-0.15, -0.1) is 0 Å². The van der Waals surface area contributed by atoms with E-state index in [1.165, 1.54) is 22.4 Å². The van der Waals surface area contributed by atoms with E-state index in [0.29, 0.717) is 6.04 Å². The summed E-state index contributed by atoms with van der Waals surface area (Å²) in [5, 5.41) is 0. The Hall–Kier alpha value is -1.80. The molecule has 2 aromatic rings. The molecule has 0 aromatic heterocycles. The second-order valence-corrected chi connectivity index (χ2v) is 5.27. The maximum absolute atomic E-state index is 2.53. The lowest BCUT2D eigenvalue weighted by molar-refractivity contribution is 0.412. The summed E-state index contributed by atoms with van der Waals surface area (Å²) < 4.78 is 0. The van der Waals surface area contributed by atoms with Gasteiger partial charge in [-0.3, -0.25) is 4.90 Å². The van der Waals surface area contributed by atoms with Gasteiger partial charge in [0.15, 0.2) is 0 Å². The van der Waals surface area contributed by atoms with E-state index in [1.54, 1.807) is 0 Å². The van der Waals surface area contributed by atoms with Gasteiger partial charge in [0.25, 0.3) is 0 Å². The molecule has 0 spiro atoms. The first-order valence-corrected chi connectivity index (χ1v) is 6.48. The lowest BCUT2D eigenvalue weighted by Gasteiger charge is -2.34. The first-order chi connectivity index (χ1) is 8.84. The van der Waals surface area contributed by atoms with Crippen LogP contribution in [-0.2, 0) is 0 Å². The normalized spacial score (nSPS) is 21.4. The van der Waals surface area contributed by atoms with Crippen molar-refractivity contribution >= 4 is 5.69 Å². The van der Waals surface area contributed by atoms with Crippen molar-refractivity contribution in [2.24, 2.45) is 0 Å². The maximum atomic E-state index is 2.53. The molecule has 2 heteroatoms. The van der Waals surface area contributed by atoms with Gasteiger partial charge in [0.2, 0.25) is 0 Å². The van der Waals surface area contributed by atoms with E-state index in [9.17, 15) is 0 Å². The highest BCUT2D eigenvalue weighted by Gasteiger charge is 2.35. The van der Waals surface area contributed by atoms with Crippen molar-refractivity contribution in [2.45, 2.75) is 6.04 Å². The highest BCUT2D eigenvalue weighted by molar-refractivity contribution is 5.85. The van der Waals surface area contributed by atoms with Crippen LogP contribution in [0.5, 0.6) is 0 Å². The molecule has 18 heavy (non-hydrogen) atoms. The Balaban J connectivity index is 2.00. The van der Waals surface area contributed by atoms with E-state index >= 15 is 0 Å². The predicted octanol–water partition coefficient (Wildman–Crippen LogP) is 3.12. The zero-order valence-electron chi connectivity index (χ0n) is 10.5.